The normalized spacial score (nSPS) is 11.0. The van der Waals surface area contributed by atoms with Crippen LogP contribution in [0.5, 0.6) is 0 Å². The molecule has 0 aliphatic heterocycles. The van der Waals surface area contributed by atoms with Crippen LogP contribution in [0.1, 0.15) is 61.6 Å². The highest BCUT2D eigenvalue weighted by molar-refractivity contribution is 7.09. The molecule has 0 bridgehead atoms. The standard InChI is InChI=1S/C20H28N4O3S/c1-6-27-23-19(25)17-12-28-18(22-17)11-24(14(4)5)20(26)21-16-9-7-15(8-10-16)13(2)3/h7-10,12-14H,6,11H2,1-5H3,(H,21,26)(H,23,25). The molecule has 2 rings (SSSR count). The first-order valence-electron chi connectivity index (χ1n) is 9.35. The predicted octanol–water partition coefficient (Wildman–Crippen LogP) is 4.39. The maximum atomic E-state index is 12.8. The Hall–Kier alpha value is -2.45. The molecule has 152 valence electrons. The Bertz CT molecular complexity index is 787. The van der Waals surface area contributed by atoms with E-state index in [9.17, 15) is 9.59 Å². The second kappa shape index (κ2) is 10.2. The molecule has 7 nitrogen and oxygen atoms in total. The number of amides is 3. The summed E-state index contributed by atoms with van der Waals surface area (Å²) in [5.41, 5.74) is 4.57. The van der Waals surface area contributed by atoms with Gasteiger partial charge in [0.25, 0.3) is 5.91 Å². The van der Waals surface area contributed by atoms with Crippen molar-refractivity contribution in [1.82, 2.24) is 15.4 Å². The number of carbonyl (C=O) groups excluding carboxylic acids is 2. The zero-order chi connectivity index (χ0) is 20.7. The molecule has 0 aliphatic carbocycles. The maximum Gasteiger partial charge on any atom is 0.322 e. The van der Waals surface area contributed by atoms with Gasteiger partial charge in [-0.05, 0) is 44.4 Å². The third kappa shape index (κ3) is 6.03. The molecular weight excluding hydrogens is 376 g/mol. The molecule has 0 atom stereocenters. The number of nitrogens with one attached hydrogen (secondary N) is 2. The fourth-order valence-electron chi connectivity index (χ4n) is 2.46. The molecule has 28 heavy (non-hydrogen) atoms. The van der Waals surface area contributed by atoms with E-state index in [0.717, 1.165) is 5.69 Å². The predicted molar refractivity (Wildman–Crippen MR) is 111 cm³/mol. The number of hydroxylamine groups is 1. The minimum Gasteiger partial charge on any atom is -0.315 e. The smallest absolute Gasteiger partial charge is 0.315 e. The number of benzene rings is 1. The molecule has 0 saturated carbocycles. The van der Waals surface area contributed by atoms with Gasteiger partial charge in [0.15, 0.2) is 0 Å². The van der Waals surface area contributed by atoms with Gasteiger partial charge in [0.2, 0.25) is 0 Å². The zero-order valence-corrected chi connectivity index (χ0v) is 17.8. The van der Waals surface area contributed by atoms with Crippen LogP contribution < -0.4 is 10.8 Å². The number of thiazole rings is 1. The van der Waals surface area contributed by atoms with Crippen LogP contribution in [0.4, 0.5) is 10.5 Å². The summed E-state index contributed by atoms with van der Waals surface area (Å²) in [6.45, 7) is 10.6. The summed E-state index contributed by atoms with van der Waals surface area (Å²) in [6, 6.07) is 7.62. The molecule has 3 amide bonds. The summed E-state index contributed by atoms with van der Waals surface area (Å²) in [5, 5.41) is 5.27. The van der Waals surface area contributed by atoms with Crippen molar-refractivity contribution in [3.8, 4) is 0 Å². The van der Waals surface area contributed by atoms with Gasteiger partial charge >= 0.3 is 6.03 Å². The Morgan fingerprint density at radius 2 is 1.86 bits per heavy atom. The molecule has 8 heteroatoms. The van der Waals surface area contributed by atoms with Crippen molar-refractivity contribution in [1.29, 1.82) is 0 Å². The number of rotatable bonds is 8. The first kappa shape index (κ1) is 21.8. The van der Waals surface area contributed by atoms with E-state index < -0.39 is 5.91 Å². The van der Waals surface area contributed by atoms with Crippen LogP contribution in [-0.4, -0.2) is 34.5 Å². The summed E-state index contributed by atoms with van der Waals surface area (Å²) < 4.78 is 0. The molecule has 0 unspecified atom stereocenters. The average molecular weight is 405 g/mol. The molecule has 0 aliphatic rings. The van der Waals surface area contributed by atoms with Crippen molar-refractivity contribution in [2.24, 2.45) is 0 Å². The van der Waals surface area contributed by atoms with Crippen LogP contribution in [0, 0.1) is 0 Å². The van der Waals surface area contributed by atoms with E-state index in [1.54, 1.807) is 17.2 Å². The van der Waals surface area contributed by atoms with E-state index in [1.807, 2.05) is 38.1 Å². The fourth-order valence-corrected chi connectivity index (χ4v) is 3.23. The lowest BCUT2D eigenvalue weighted by Crippen LogP contribution is -2.39. The van der Waals surface area contributed by atoms with Crippen molar-refractivity contribution >= 4 is 29.0 Å². The molecule has 1 heterocycles. The lowest BCUT2D eigenvalue weighted by molar-refractivity contribution is 0.0360. The Kier molecular flexibility index (Phi) is 7.95. The zero-order valence-electron chi connectivity index (χ0n) is 17.0. The molecule has 0 radical (unpaired) electrons. The Labute approximate surface area is 170 Å². The molecule has 2 N–H and O–H groups in total. The van der Waals surface area contributed by atoms with Crippen LogP contribution in [0.25, 0.3) is 0 Å². The van der Waals surface area contributed by atoms with Crippen molar-refractivity contribution in [2.45, 2.75) is 53.1 Å². The number of carbonyl (C=O) groups is 2. The van der Waals surface area contributed by atoms with E-state index in [2.05, 4.69) is 29.6 Å². The summed E-state index contributed by atoms with van der Waals surface area (Å²) in [6.07, 6.45) is 0. The topological polar surface area (TPSA) is 83.6 Å². The third-order valence-corrected chi connectivity index (χ3v) is 4.95. The highest BCUT2D eigenvalue weighted by Gasteiger charge is 2.20. The van der Waals surface area contributed by atoms with Gasteiger partial charge in [-0.1, -0.05) is 26.0 Å². The number of nitrogens with zero attached hydrogens (tertiary/aromatic N) is 2. The maximum absolute atomic E-state index is 12.8. The lowest BCUT2D eigenvalue weighted by Gasteiger charge is -2.26. The summed E-state index contributed by atoms with van der Waals surface area (Å²) in [4.78, 5) is 35.5. The first-order valence-corrected chi connectivity index (χ1v) is 10.2. The van der Waals surface area contributed by atoms with Gasteiger partial charge in [-0.3, -0.25) is 9.63 Å². The SMILES string of the molecule is CCONC(=O)c1csc(CN(C(=O)Nc2ccc(C(C)C)cc2)C(C)C)n1. The Morgan fingerprint density at radius 3 is 2.43 bits per heavy atom. The minimum absolute atomic E-state index is 0.0282. The van der Waals surface area contributed by atoms with Crippen molar-refractivity contribution in [3.63, 3.8) is 0 Å². The quantitative estimate of drug-likeness (QED) is 0.639. The summed E-state index contributed by atoms with van der Waals surface area (Å²) in [5.74, 6) is 0.0473. The Morgan fingerprint density at radius 1 is 1.18 bits per heavy atom. The highest BCUT2D eigenvalue weighted by Crippen LogP contribution is 2.19. The Balaban J connectivity index is 2.03. The number of hydrogen-bond donors (Lipinski definition) is 2. The fraction of sp³-hybridized carbons (Fsp3) is 0.450. The largest absolute Gasteiger partial charge is 0.322 e. The van der Waals surface area contributed by atoms with Gasteiger partial charge in [-0.15, -0.1) is 11.3 Å². The van der Waals surface area contributed by atoms with Crippen LogP contribution in [0.15, 0.2) is 29.6 Å². The van der Waals surface area contributed by atoms with Gasteiger partial charge in [-0.2, -0.15) is 0 Å². The second-order valence-electron chi connectivity index (χ2n) is 6.92. The van der Waals surface area contributed by atoms with Crippen molar-refractivity contribution < 1.29 is 14.4 Å². The van der Waals surface area contributed by atoms with Crippen LogP contribution in [-0.2, 0) is 11.4 Å². The lowest BCUT2D eigenvalue weighted by atomic mass is 10.0. The molecule has 0 fully saturated rings. The minimum atomic E-state index is -0.393. The summed E-state index contributed by atoms with van der Waals surface area (Å²) >= 11 is 1.34. The van der Waals surface area contributed by atoms with E-state index in [4.69, 9.17) is 4.84 Å². The van der Waals surface area contributed by atoms with E-state index in [1.165, 1.54) is 16.9 Å². The van der Waals surface area contributed by atoms with Gasteiger partial charge in [-0.25, -0.2) is 15.3 Å². The monoisotopic (exact) mass is 404 g/mol. The van der Waals surface area contributed by atoms with Crippen molar-refractivity contribution in [3.05, 3.63) is 45.9 Å². The molecular formula is C20H28N4O3S. The molecule has 0 saturated heterocycles. The third-order valence-electron chi connectivity index (χ3n) is 4.11. The molecule has 0 spiro atoms. The van der Waals surface area contributed by atoms with E-state index >= 15 is 0 Å². The van der Waals surface area contributed by atoms with Gasteiger partial charge in [0.05, 0.1) is 13.2 Å². The molecule has 1 aromatic carbocycles. The second-order valence-corrected chi connectivity index (χ2v) is 7.86. The highest BCUT2D eigenvalue weighted by atomic mass is 32.1. The number of aromatic nitrogens is 1. The van der Waals surface area contributed by atoms with Gasteiger partial charge in [0, 0.05) is 17.1 Å². The molecule has 2 aromatic rings. The van der Waals surface area contributed by atoms with Crippen LogP contribution in [0.2, 0.25) is 0 Å². The first-order chi connectivity index (χ1) is 13.3. The summed E-state index contributed by atoms with van der Waals surface area (Å²) in [7, 11) is 0. The van der Waals surface area contributed by atoms with Crippen LogP contribution in [0.3, 0.4) is 0 Å². The van der Waals surface area contributed by atoms with Gasteiger partial charge in [0.1, 0.15) is 10.7 Å². The van der Waals surface area contributed by atoms with Crippen LogP contribution >= 0.6 is 11.3 Å². The van der Waals surface area contributed by atoms with Gasteiger partial charge < -0.3 is 10.2 Å². The van der Waals surface area contributed by atoms with E-state index in [-0.39, 0.29) is 17.8 Å². The number of anilines is 1. The van der Waals surface area contributed by atoms with Crippen molar-refractivity contribution in [2.75, 3.05) is 11.9 Å². The average Bonchev–Trinajstić information content (AvgIpc) is 3.13. The molecule has 1 aromatic heterocycles. The number of urea groups is 1. The number of hydrogen-bond acceptors (Lipinski definition) is 5. The van der Waals surface area contributed by atoms with E-state index in [0.29, 0.717) is 24.1 Å².